The number of carbonyl (C=O) groups is 1. The molecule has 0 aliphatic rings. The monoisotopic (exact) mass is 434 g/mol. The van der Waals surface area contributed by atoms with Crippen LogP contribution in [0.5, 0.6) is 5.75 Å². The van der Waals surface area contributed by atoms with Gasteiger partial charge in [0.15, 0.2) is 0 Å². The number of aliphatic hydroxyl groups excluding tert-OH is 3. The van der Waals surface area contributed by atoms with Crippen LogP contribution >= 0.6 is 11.6 Å². The maximum Gasteiger partial charge on any atom is 0.245 e. The molecule has 0 saturated carbocycles. The summed E-state index contributed by atoms with van der Waals surface area (Å²) in [4.78, 5) is 15.7. The Bertz CT molecular complexity index is 1050. The van der Waals surface area contributed by atoms with Crippen molar-refractivity contribution in [1.29, 1.82) is 0 Å². The number of nitrogens with zero attached hydrogens (tertiary/aromatic N) is 2. The van der Waals surface area contributed by atoms with Gasteiger partial charge in [-0.1, -0.05) is 11.6 Å². The van der Waals surface area contributed by atoms with Gasteiger partial charge in [0, 0.05) is 36.6 Å². The Balaban J connectivity index is 1.91. The van der Waals surface area contributed by atoms with Crippen LogP contribution in [0, 0.1) is 0 Å². The standard InChI is InChI=1S/C20H23ClN4O5/c1-30-18-4-12(9-26)14(6-15(18)21)17-8-25-7-16(13(10-27)5-19(25)24-17)22-2-3-23-20(29)11-28/h4-8,22,26-28H,2-3,9-11H2,1H3,(H,23,29). The first-order valence-corrected chi connectivity index (χ1v) is 9.60. The number of aromatic nitrogens is 2. The van der Waals surface area contributed by atoms with Crippen molar-refractivity contribution in [2.45, 2.75) is 13.2 Å². The number of hydrogen-bond acceptors (Lipinski definition) is 7. The van der Waals surface area contributed by atoms with E-state index in [4.69, 9.17) is 21.4 Å². The fourth-order valence-electron chi connectivity index (χ4n) is 3.07. The molecule has 0 aliphatic heterocycles. The molecule has 0 radical (unpaired) electrons. The molecule has 0 unspecified atom stereocenters. The van der Waals surface area contributed by atoms with Gasteiger partial charge >= 0.3 is 0 Å². The molecule has 0 saturated heterocycles. The zero-order valence-electron chi connectivity index (χ0n) is 16.4. The van der Waals surface area contributed by atoms with Crippen molar-refractivity contribution in [2.75, 3.05) is 32.1 Å². The Morgan fingerprint density at radius 1 is 1.13 bits per heavy atom. The predicted molar refractivity (Wildman–Crippen MR) is 113 cm³/mol. The van der Waals surface area contributed by atoms with Crippen LogP contribution in [0.3, 0.4) is 0 Å². The fourth-order valence-corrected chi connectivity index (χ4v) is 3.31. The van der Waals surface area contributed by atoms with E-state index in [1.807, 2.05) is 0 Å². The molecule has 30 heavy (non-hydrogen) atoms. The first kappa shape index (κ1) is 21.8. The molecular formula is C20H23ClN4O5. The lowest BCUT2D eigenvalue weighted by atomic mass is 10.1. The highest BCUT2D eigenvalue weighted by molar-refractivity contribution is 6.32. The molecule has 160 valence electrons. The van der Waals surface area contributed by atoms with E-state index in [1.54, 1.807) is 35.0 Å². The quantitative estimate of drug-likeness (QED) is 0.320. The fraction of sp³-hybridized carbons (Fsp3) is 0.300. The van der Waals surface area contributed by atoms with Gasteiger partial charge < -0.3 is 35.1 Å². The van der Waals surface area contributed by atoms with E-state index in [2.05, 4.69) is 15.6 Å². The lowest BCUT2D eigenvalue weighted by Crippen LogP contribution is -2.30. The van der Waals surface area contributed by atoms with Crippen molar-refractivity contribution >= 4 is 28.8 Å². The topological polar surface area (TPSA) is 128 Å². The molecule has 9 nitrogen and oxygen atoms in total. The number of pyridine rings is 1. The van der Waals surface area contributed by atoms with Crippen LogP contribution < -0.4 is 15.4 Å². The maximum atomic E-state index is 11.1. The lowest BCUT2D eigenvalue weighted by molar-refractivity contribution is -0.123. The molecule has 1 aromatic carbocycles. The van der Waals surface area contributed by atoms with E-state index in [0.717, 1.165) is 0 Å². The highest BCUT2D eigenvalue weighted by atomic mass is 35.5. The van der Waals surface area contributed by atoms with E-state index in [9.17, 15) is 15.0 Å². The van der Waals surface area contributed by atoms with Gasteiger partial charge in [-0.2, -0.15) is 0 Å². The van der Waals surface area contributed by atoms with Crippen molar-refractivity contribution in [3.63, 3.8) is 0 Å². The molecule has 2 aromatic heterocycles. The van der Waals surface area contributed by atoms with E-state index >= 15 is 0 Å². The normalized spacial score (nSPS) is 11.0. The number of methoxy groups -OCH3 is 1. The van der Waals surface area contributed by atoms with Crippen LogP contribution in [0.25, 0.3) is 16.9 Å². The van der Waals surface area contributed by atoms with Crippen LogP contribution in [0.4, 0.5) is 5.69 Å². The summed E-state index contributed by atoms with van der Waals surface area (Å²) in [6.07, 6.45) is 3.58. The van der Waals surface area contributed by atoms with Gasteiger partial charge in [0.2, 0.25) is 5.91 Å². The first-order chi connectivity index (χ1) is 14.5. The smallest absolute Gasteiger partial charge is 0.245 e. The Morgan fingerprint density at radius 3 is 2.57 bits per heavy atom. The minimum absolute atomic E-state index is 0.194. The lowest BCUT2D eigenvalue weighted by Gasteiger charge is -2.11. The van der Waals surface area contributed by atoms with Crippen molar-refractivity contribution in [2.24, 2.45) is 0 Å². The largest absolute Gasteiger partial charge is 0.495 e. The summed E-state index contributed by atoms with van der Waals surface area (Å²) in [6, 6.07) is 5.13. The number of anilines is 1. The number of rotatable bonds is 9. The summed E-state index contributed by atoms with van der Waals surface area (Å²) in [5.41, 5.74) is 3.85. The highest BCUT2D eigenvalue weighted by Crippen LogP contribution is 2.34. The molecule has 3 aromatic rings. The maximum absolute atomic E-state index is 11.1. The van der Waals surface area contributed by atoms with Gasteiger partial charge in [0.1, 0.15) is 18.0 Å². The summed E-state index contributed by atoms with van der Waals surface area (Å²) >= 11 is 6.25. The average Bonchev–Trinajstić information content (AvgIpc) is 3.18. The molecule has 0 aliphatic carbocycles. The third-order valence-corrected chi connectivity index (χ3v) is 4.87. The third-order valence-electron chi connectivity index (χ3n) is 4.58. The molecular weight excluding hydrogens is 412 g/mol. The van der Waals surface area contributed by atoms with Crippen molar-refractivity contribution in [3.05, 3.63) is 46.7 Å². The number of aliphatic hydroxyl groups is 3. The minimum atomic E-state index is -0.559. The predicted octanol–water partition coefficient (Wildman–Crippen LogP) is 1.17. The number of fused-ring (bicyclic) bond motifs is 1. The first-order valence-electron chi connectivity index (χ1n) is 9.22. The van der Waals surface area contributed by atoms with E-state index < -0.39 is 12.5 Å². The number of hydrogen-bond donors (Lipinski definition) is 5. The molecule has 0 atom stereocenters. The Hall–Kier alpha value is -2.85. The summed E-state index contributed by atoms with van der Waals surface area (Å²) in [5.74, 6) is 0.0160. The van der Waals surface area contributed by atoms with Gasteiger partial charge in [-0.25, -0.2) is 4.98 Å². The molecule has 0 fully saturated rings. The summed E-state index contributed by atoms with van der Waals surface area (Å²) < 4.78 is 7.00. The molecule has 10 heteroatoms. The average molecular weight is 435 g/mol. The number of amides is 1. The molecule has 0 spiro atoms. The molecule has 2 heterocycles. The summed E-state index contributed by atoms with van der Waals surface area (Å²) in [7, 11) is 1.51. The Kier molecular flexibility index (Phi) is 7.11. The van der Waals surface area contributed by atoms with Gasteiger partial charge in [-0.05, 0) is 23.8 Å². The van der Waals surface area contributed by atoms with Gasteiger partial charge in [-0.3, -0.25) is 4.79 Å². The Labute approximate surface area is 177 Å². The second kappa shape index (κ2) is 9.77. The summed E-state index contributed by atoms with van der Waals surface area (Å²) in [5, 5.41) is 34.3. The van der Waals surface area contributed by atoms with Crippen LogP contribution in [0.15, 0.2) is 30.6 Å². The van der Waals surface area contributed by atoms with Gasteiger partial charge in [0.05, 0.1) is 36.7 Å². The minimum Gasteiger partial charge on any atom is -0.495 e. The number of carbonyl (C=O) groups excluding carboxylic acids is 1. The second-order valence-corrected chi connectivity index (χ2v) is 6.91. The molecule has 3 rings (SSSR count). The number of nitrogens with one attached hydrogen (secondary N) is 2. The van der Waals surface area contributed by atoms with Gasteiger partial charge in [0.25, 0.3) is 0 Å². The second-order valence-electron chi connectivity index (χ2n) is 6.50. The van der Waals surface area contributed by atoms with Crippen molar-refractivity contribution in [1.82, 2.24) is 14.7 Å². The van der Waals surface area contributed by atoms with Crippen molar-refractivity contribution in [3.8, 4) is 17.0 Å². The van der Waals surface area contributed by atoms with E-state index in [0.29, 0.717) is 57.6 Å². The van der Waals surface area contributed by atoms with Crippen LogP contribution in [-0.4, -0.2) is 57.4 Å². The molecule has 0 bridgehead atoms. The number of ether oxygens (including phenoxy) is 1. The van der Waals surface area contributed by atoms with E-state index in [1.165, 1.54) is 7.11 Å². The highest BCUT2D eigenvalue weighted by Gasteiger charge is 2.15. The van der Waals surface area contributed by atoms with Crippen LogP contribution in [-0.2, 0) is 18.0 Å². The number of benzene rings is 1. The van der Waals surface area contributed by atoms with Gasteiger partial charge in [-0.15, -0.1) is 0 Å². The molecule has 5 N–H and O–H groups in total. The number of halogens is 1. The van der Waals surface area contributed by atoms with Crippen molar-refractivity contribution < 1.29 is 24.9 Å². The van der Waals surface area contributed by atoms with Crippen LogP contribution in [0.1, 0.15) is 11.1 Å². The number of imidazole rings is 1. The Morgan fingerprint density at radius 2 is 1.90 bits per heavy atom. The molecule has 1 amide bonds. The third kappa shape index (κ3) is 4.65. The summed E-state index contributed by atoms with van der Waals surface area (Å²) in [6.45, 7) is -0.224. The van der Waals surface area contributed by atoms with E-state index in [-0.39, 0.29) is 13.2 Å². The van der Waals surface area contributed by atoms with Crippen LogP contribution in [0.2, 0.25) is 5.02 Å². The zero-order valence-corrected chi connectivity index (χ0v) is 17.1. The zero-order chi connectivity index (χ0) is 21.7. The SMILES string of the molecule is COc1cc(CO)c(-c2cn3cc(NCCNC(=O)CO)c(CO)cc3n2)cc1Cl.